The fraction of sp³-hybridized carbons (Fsp3) is 0.800. The Kier molecular flexibility index (Phi) is 35.4. The molecule has 0 bridgehead atoms. The molecule has 10 N–H and O–H groups in total. The number of aromatic nitrogens is 4. The quantitative estimate of drug-likeness (QED) is 0.0423. The monoisotopic (exact) mass is 969 g/mol. The number of carbonyl (C=O) groups excluding carboxylic acids is 5. The molecule has 0 saturated heterocycles. The summed E-state index contributed by atoms with van der Waals surface area (Å²) in [5.41, 5.74) is 5.57. The van der Waals surface area contributed by atoms with Gasteiger partial charge in [0, 0.05) is 38.3 Å². The van der Waals surface area contributed by atoms with Crippen molar-refractivity contribution in [2.24, 2.45) is 11.7 Å². The van der Waals surface area contributed by atoms with Crippen LogP contribution < -0.4 is 27.0 Å². The Morgan fingerprint density at radius 3 is 1.75 bits per heavy atom. The summed E-state index contributed by atoms with van der Waals surface area (Å²) in [5, 5.41) is 51.8. The van der Waals surface area contributed by atoms with E-state index in [1.54, 1.807) is 0 Å². The van der Waals surface area contributed by atoms with Crippen molar-refractivity contribution in [2.75, 3.05) is 59.2 Å². The molecule has 1 aromatic heterocycles. The molecule has 1 rings (SSSR count). The van der Waals surface area contributed by atoms with Crippen LogP contribution in [0.1, 0.15) is 154 Å². The van der Waals surface area contributed by atoms with Crippen molar-refractivity contribution in [3.05, 3.63) is 5.82 Å². The van der Waals surface area contributed by atoms with Gasteiger partial charge in [-0.1, -0.05) is 77.6 Å². The van der Waals surface area contributed by atoms with Crippen LogP contribution in [-0.4, -0.2) is 160 Å². The lowest BCUT2D eigenvalue weighted by Gasteiger charge is -2.24. The van der Waals surface area contributed by atoms with Crippen molar-refractivity contribution >= 4 is 47.4 Å². The van der Waals surface area contributed by atoms with E-state index < -0.39 is 66.7 Å². The summed E-state index contributed by atoms with van der Waals surface area (Å²) in [4.78, 5) is 97.3. The Morgan fingerprint density at radius 1 is 0.603 bits per heavy atom. The number of nitrogens with one attached hydrogen (secondary N) is 5. The Morgan fingerprint density at radius 2 is 1.16 bits per heavy atom. The molecule has 1 aromatic rings. The Balaban J connectivity index is 2.17. The first-order valence-corrected chi connectivity index (χ1v) is 24.4. The third-order valence-corrected chi connectivity index (χ3v) is 11.1. The van der Waals surface area contributed by atoms with Crippen LogP contribution in [0.25, 0.3) is 0 Å². The van der Waals surface area contributed by atoms with Gasteiger partial charge in [-0.2, -0.15) is 0 Å². The van der Waals surface area contributed by atoms with E-state index >= 15 is 0 Å². The van der Waals surface area contributed by atoms with Crippen molar-refractivity contribution in [3.63, 3.8) is 0 Å². The minimum atomic E-state index is -1.20. The molecule has 0 spiro atoms. The van der Waals surface area contributed by atoms with Gasteiger partial charge in [0.2, 0.25) is 29.5 Å². The highest BCUT2D eigenvalue weighted by atomic mass is 16.5. The molecule has 0 aliphatic carbocycles. The molecule has 0 aliphatic rings. The number of carbonyl (C=O) groups is 8. The van der Waals surface area contributed by atoms with Gasteiger partial charge in [0.1, 0.15) is 24.5 Å². The number of aliphatic carboxylic acids is 3. The standard InChI is InChI=1S/C45H80N10O13/c1-34(23-24-40(58)59)44(65)50-36(20-16-18-27-55(31-41(60)61)32-42(62)63)45(66)49-35(43(46)64)19-15-17-25-47-39(57)33-68-30-29-67-28-26-48-38(56)22-14-12-10-8-6-4-2-3-5-7-9-11-13-21-37-51-53-54-52-37/h34-36H,2-33H2,1H3,(H2,46,64)(H,47,57)(H,48,56)(H,49,66)(H,50,65)(H,58,59)(H,60,61)(H,62,63)(H,51,52,53,54)/t34-,35-,36-/m0/s1. The van der Waals surface area contributed by atoms with E-state index in [-0.39, 0.29) is 83.2 Å². The molecule has 0 radical (unpaired) electrons. The molecule has 0 unspecified atom stereocenters. The van der Waals surface area contributed by atoms with Crippen molar-refractivity contribution in [1.29, 1.82) is 0 Å². The van der Waals surface area contributed by atoms with Gasteiger partial charge in [-0.3, -0.25) is 43.3 Å². The molecule has 0 saturated carbocycles. The number of rotatable bonds is 46. The first kappa shape index (κ1) is 60.7. The van der Waals surface area contributed by atoms with E-state index in [9.17, 15) is 38.4 Å². The molecule has 68 heavy (non-hydrogen) atoms. The minimum Gasteiger partial charge on any atom is -0.481 e. The number of H-pyrrole nitrogens is 1. The number of tetrazole rings is 1. The number of hydrogen-bond donors (Lipinski definition) is 9. The molecular weight excluding hydrogens is 889 g/mol. The average Bonchev–Trinajstić information content (AvgIpc) is 3.81. The van der Waals surface area contributed by atoms with Crippen LogP contribution in [0.5, 0.6) is 0 Å². The molecule has 23 heteroatoms. The fourth-order valence-electron chi connectivity index (χ4n) is 7.19. The number of nitrogens with two attached hydrogens (primary N) is 1. The van der Waals surface area contributed by atoms with Gasteiger partial charge in [-0.15, -0.1) is 5.10 Å². The highest BCUT2D eigenvalue weighted by Crippen LogP contribution is 2.14. The number of nitrogens with zero attached hydrogens (tertiary/aromatic N) is 4. The Labute approximate surface area is 399 Å². The van der Waals surface area contributed by atoms with Gasteiger partial charge in [0.15, 0.2) is 0 Å². The molecule has 388 valence electrons. The Bertz CT molecular complexity index is 1570. The molecule has 1 heterocycles. The van der Waals surface area contributed by atoms with Gasteiger partial charge in [0.25, 0.3) is 0 Å². The molecule has 3 atom stereocenters. The van der Waals surface area contributed by atoms with E-state index in [0.29, 0.717) is 32.4 Å². The van der Waals surface area contributed by atoms with Crippen LogP contribution in [0.15, 0.2) is 0 Å². The van der Waals surface area contributed by atoms with E-state index in [1.165, 1.54) is 69.6 Å². The summed E-state index contributed by atoms with van der Waals surface area (Å²) >= 11 is 0. The summed E-state index contributed by atoms with van der Waals surface area (Å²) in [5.74, 6) is -5.82. The predicted octanol–water partition coefficient (Wildman–Crippen LogP) is 2.24. The number of aryl methyl sites for hydroxylation is 1. The number of amides is 5. The highest BCUT2D eigenvalue weighted by molar-refractivity contribution is 5.92. The predicted molar refractivity (Wildman–Crippen MR) is 249 cm³/mol. The lowest BCUT2D eigenvalue weighted by atomic mass is 10.0. The summed E-state index contributed by atoms with van der Waals surface area (Å²) < 4.78 is 10.8. The number of ether oxygens (including phenoxy) is 2. The van der Waals surface area contributed by atoms with Crippen molar-refractivity contribution < 1.29 is 63.1 Å². The lowest BCUT2D eigenvalue weighted by Crippen LogP contribution is -2.53. The number of carboxylic acid groups (broad SMARTS) is 3. The van der Waals surface area contributed by atoms with Crippen molar-refractivity contribution in [3.8, 4) is 0 Å². The van der Waals surface area contributed by atoms with E-state index in [0.717, 1.165) is 37.9 Å². The third-order valence-electron chi connectivity index (χ3n) is 11.1. The topological polar surface area (TPSA) is 348 Å². The second-order valence-corrected chi connectivity index (χ2v) is 17.2. The number of aromatic amines is 1. The van der Waals surface area contributed by atoms with Gasteiger partial charge in [0.05, 0.1) is 32.9 Å². The van der Waals surface area contributed by atoms with E-state index in [2.05, 4.69) is 41.9 Å². The molecule has 0 fully saturated rings. The summed E-state index contributed by atoms with van der Waals surface area (Å²) in [6.45, 7) is 1.83. The maximum atomic E-state index is 13.3. The maximum absolute atomic E-state index is 13.3. The molecule has 23 nitrogen and oxygen atoms in total. The smallest absolute Gasteiger partial charge is 0.317 e. The zero-order valence-electron chi connectivity index (χ0n) is 40.1. The maximum Gasteiger partial charge on any atom is 0.317 e. The third kappa shape index (κ3) is 34.9. The molecule has 0 aliphatic heterocycles. The van der Waals surface area contributed by atoms with Crippen LogP contribution in [0, 0.1) is 5.92 Å². The van der Waals surface area contributed by atoms with Gasteiger partial charge >= 0.3 is 17.9 Å². The number of hydrogen-bond acceptors (Lipinski definition) is 14. The lowest BCUT2D eigenvalue weighted by molar-refractivity contribution is -0.142. The minimum absolute atomic E-state index is 0.00719. The van der Waals surface area contributed by atoms with E-state index in [1.807, 2.05) is 0 Å². The van der Waals surface area contributed by atoms with Crippen LogP contribution in [-0.2, 0) is 54.3 Å². The summed E-state index contributed by atoms with van der Waals surface area (Å²) in [7, 11) is 0. The number of unbranched alkanes of at least 4 members (excludes halogenated alkanes) is 14. The number of carboxylic acids is 3. The fourth-order valence-corrected chi connectivity index (χ4v) is 7.19. The average molecular weight is 969 g/mol. The SMILES string of the molecule is C[C@@H](CCC(=O)O)C(=O)N[C@@H](CCCCN(CC(=O)O)CC(=O)O)C(=O)N[C@@H](CCCCNC(=O)COCCOCCNC(=O)CCCCCCCCCCCCCCCc1nnn[nH]1)C(N)=O. The van der Waals surface area contributed by atoms with Gasteiger partial charge in [-0.05, 0) is 74.8 Å². The van der Waals surface area contributed by atoms with Crippen molar-refractivity contribution in [2.45, 2.75) is 167 Å². The van der Waals surface area contributed by atoms with E-state index in [4.69, 9.17) is 30.5 Å². The zero-order chi connectivity index (χ0) is 50.2. The molecule has 0 aromatic carbocycles. The summed E-state index contributed by atoms with van der Waals surface area (Å²) in [6.07, 6.45) is 18.3. The zero-order valence-corrected chi connectivity index (χ0v) is 40.1. The second-order valence-electron chi connectivity index (χ2n) is 17.2. The van der Waals surface area contributed by atoms with Crippen molar-refractivity contribution in [1.82, 2.24) is 46.8 Å². The first-order chi connectivity index (χ1) is 32.7. The van der Waals surface area contributed by atoms with Gasteiger partial charge < -0.3 is 51.8 Å². The van der Waals surface area contributed by atoms with Crippen LogP contribution in [0.3, 0.4) is 0 Å². The highest BCUT2D eigenvalue weighted by Gasteiger charge is 2.27. The Hall–Kier alpha value is -5.29. The summed E-state index contributed by atoms with van der Waals surface area (Å²) in [6, 6.07) is -2.25. The second kappa shape index (κ2) is 39.7. The normalized spacial score (nSPS) is 12.5. The molecular formula is C45H80N10O13. The van der Waals surface area contributed by atoms with Crippen LogP contribution >= 0.6 is 0 Å². The molecule has 5 amide bonds. The van der Waals surface area contributed by atoms with Crippen LogP contribution in [0.4, 0.5) is 0 Å². The largest absolute Gasteiger partial charge is 0.481 e. The van der Waals surface area contributed by atoms with Crippen LogP contribution in [0.2, 0.25) is 0 Å². The van der Waals surface area contributed by atoms with Gasteiger partial charge in [-0.25, -0.2) is 5.10 Å². The first-order valence-electron chi connectivity index (χ1n) is 24.4. The number of primary amides is 1.